The van der Waals surface area contributed by atoms with Gasteiger partial charge in [-0.05, 0) is 30.3 Å². The van der Waals surface area contributed by atoms with Gasteiger partial charge in [0.25, 0.3) is 5.91 Å². The molecule has 0 saturated carbocycles. The average molecular weight is 493 g/mol. The molecule has 2 aromatic carbocycles. The van der Waals surface area contributed by atoms with Crippen molar-refractivity contribution in [1.82, 2.24) is 20.9 Å². The first-order valence-electron chi connectivity index (χ1n) is 9.65. The Morgan fingerprint density at radius 2 is 1.97 bits per heavy atom. The Morgan fingerprint density at radius 1 is 1.18 bits per heavy atom. The number of hydrogen-bond donors (Lipinski definition) is 5. The fourth-order valence-electron chi connectivity index (χ4n) is 3.04. The summed E-state index contributed by atoms with van der Waals surface area (Å²) in [5.74, 6) is -3.94. The van der Waals surface area contributed by atoms with E-state index in [9.17, 15) is 23.2 Å². The predicted molar refractivity (Wildman–Crippen MR) is 121 cm³/mol. The molecule has 1 fully saturated rings. The van der Waals surface area contributed by atoms with E-state index in [2.05, 4.69) is 26.3 Å². The second-order valence-electron chi connectivity index (χ2n) is 7.01. The van der Waals surface area contributed by atoms with Crippen LogP contribution in [0.1, 0.15) is 10.4 Å². The maximum atomic E-state index is 13.4. The fourth-order valence-corrected chi connectivity index (χ4v) is 4.77. The number of anilines is 1. The number of hydrogen-bond acceptors (Lipinski definition) is 8. The lowest BCUT2D eigenvalue weighted by Crippen LogP contribution is -2.70. The van der Waals surface area contributed by atoms with Gasteiger partial charge in [0.15, 0.2) is 16.8 Å². The summed E-state index contributed by atoms with van der Waals surface area (Å²) < 4.78 is 27.4. The Bertz CT molecular complexity index is 1190. The molecular formula is C20H18F2N6O3S2. The molecule has 0 radical (unpaired) electrons. The normalized spacial score (nSPS) is 20.3. The number of nitrogens with two attached hydrogens (primary N) is 1. The lowest BCUT2D eigenvalue weighted by molar-refractivity contribution is -0.125. The maximum Gasteiger partial charge on any atom is 0.252 e. The molecule has 0 aliphatic carbocycles. The molecule has 2 heterocycles. The van der Waals surface area contributed by atoms with Crippen LogP contribution < -0.4 is 27.0 Å². The van der Waals surface area contributed by atoms with Crippen LogP contribution in [0.3, 0.4) is 0 Å². The van der Waals surface area contributed by atoms with E-state index in [1.165, 1.54) is 11.3 Å². The maximum absolute atomic E-state index is 13.4. The second kappa shape index (κ2) is 9.79. The molecule has 33 heavy (non-hydrogen) atoms. The van der Waals surface area contributed by atoms with Gasteiger partial charge in [-0.15, -0.1) is 11.8 Å². The predicted octanol–water partition coefficient (Wildman–Crippen LogP) is 1.33. The van der Waals surface area contributed by atoms with Crippen molar-refractivity contribution in [3.05, 3.63) is 59.7 Å². The first kappa shape index (κ1) is 23.0. The molecule has 0 bridgehead atoms. The van der Waals surface area contributed by atoms with Crippen molar-refractivity contribution in [2.24, 2.45) is 5.73 Å². The van der Waals surface area contributed by atoms with Gasteiger partial charge in [-0.3, -0.25) is 19.7 Å². The number of carbonyl (C=O) groups is 3. The Kier molecular flexibility index (Phi) is 6.83. The van der Waals surface area contributed by atoms with Crippen molar-refractivity contribution in [2.75, 3.05) is 11.1 Å². The summed E-state index contributed by atoms with van der Waals surface area (Å²) in [6, 6.07) is 8.98. The highest BCUT2D eigenvalue weighted by Gasteiger charge is 2.35. The SMILES string of the molecule is NC1NC(SCC(=O)Nc2nc3ccccc3s2)NC(=O)C1NC(=O)c1ccc(F)c(F)c1. The molecule has 6 N–H and O–H groups in total. The summed E-state index contributed by atoms with van der Waals surface area (Å²) in [4.78, 5) is 41.3. The Labute approximate surface area is 194 Å². The van der Waals surface area contributed by atoms with Crippen molar-refractivity contribution >= 4 is 56.2 Å². The van der Waals surface area contributed by atoms with Gasteiger partial charge < -0.3 is 21.7 Å². The summed E-state index contributed by atoms with van der Waals surface area (Å²) in [6.45, 7) is 0. The summed E-state index contributed by atoms with van der Waals surface area (Å²) in [7, 11) is 0. The van der Waals surface area contributed by atoms with E-state index < -0.39 is 41.2 Å². The third-order valence-corrected chi connectivity index (χ3v) is 6.62. The van der Waals surface area contributed by atoms with Gasteiger partial charge in [-0.25, -0.2) is 13.8 Å². The second-order valence-corrected chi connectivity index (χ2v) is 9.13. The number of thioether (sulfide) groups is 1. The molecule has 3 amide bonds. The Morgan fingerprint density at radius 3 is 2.70 bits per heavy atom. The van der Waals surface area contributed by atoms with Gasteiger partial charge in [-0.2, -0.15) is 0 Å². The molecule has 9 nitrogen and oxygen atoms in total. The van der Waals surface area contributed by atoms with Crippen LogP contribution in [-0.4, -0.2) is 46.2 Å². The molecule has 13 heteroatoms. The summed E-state index contributed by atoms with van der Waals surface area (Å²) in [5, 5.41) is 11.1. The molecule has 0 spiro atoms. The topological polar surface area (TPSA) is 138 Å². The minimum atomic E-state index is -1.18. The van der Waals surface area contributed by atoms with Crippen LogP contribution in [0.2, 0.25) is 0 Å². The Balaban J connectivity index is 1.28. The van der Waals surface area contributed by atoms with Crippen molar-refractivity contribution in [2.45, 2.75) is 17.7 Å². The third-order valence-electron chi connectivity index (χ3n) is 4.65. The van der Waals surface area contributed by atoms with Gasteiger partial charge >= 0.3 is 0 Å². The van der Waals surface area contributed by atoms with E-state index in [0.717, 1.165) is 40.2 Å². The van der Waals surface area contributed by atoms with Crippen LogP contribution in [0.25, 0.3) is 10.2 Å². The van der Waals surface area contributed by atoms with Gasteiger partial charge in [0.1, 0.15) is 11.5 Å². The van der Waals surface area contributed by atoms with Crippen LogP contribution in [0.5, 0.6) is 0 Å². The lowest BCUT2D eigenvalue weighted by atomic mass is 10.1. The number of thiazole rings is 1. The zero-order valence-electron chi connectivity index (χ0n) is 16.8. The quantitative estimate of drug-likeness (QED) is 0.350. The molecule has 3 atom stereocenters. The number of nitrogens with zero attached hydrogens (tertiary/aromatic N) is 1. The van der Waals surface area contributed by atoms with Crippen molar-refractivity contribution in [3.8, 4) is 0 Å². The standard InChI is InChI=1S/C20H18F2N6O3S2/c21-10-6-5-9(7-11(10)22)17(30)26-15-16(23)27-19(28-18(15)31)32-8-14(29)25-20-24-12-3-1-2-4-13(12)33-20/h1-7,15-16,19,27H,8,23H2,(H,26,30)(H,28,31)(H,24,25,29). The molecule has 1 aromatic heterocycles. The lowest BCUT2D eigenvalue weighted by Gasteiger charge is -2.35. The van der Waals surface area contributed by atoms with E-state index in [1.807, 2.05) is 24.3 Å². The van der Waals surface area contributed by atoms with Crippen LogP contribution in [0.4, 0.5) is 13.9 Å². The number of rotatable bonds is 6. The van der Waals surface area contributed by atoms with Gasteiger partial charge in [0.2, 0.25) is 11.8 Å². The zero-order valence-corrected chi connectivity index (χ0v) is 18.4. The number of para-hydroxylation sites is 1. The highest BCUT2D eigenvalue weighted by molar-refractivity contribution is 8.00. The molecule has 1 saturated heterocycles. The van der Waals surface area contributed by atoms with Crippen LogP contribution >= 0.6 is 23.1 Å². The van der Waals surface area contributed by atoms with Crippen molar-refractivity contribution in [1.29, 1.82) is 0 Å². The average Bonchev–Trinajstić information content (AvgIpc) is 3.18. The zero-order chi connectivity index (χ0) is 23.5. The van der Waals surface area contributed by atoms with Crippen molar-refractivity contribution in [3.63, 3.8) is 0 Å². The number of halogens is 2. The number of nitrogens with one attached hydrogen (secondary N) is 4. The molecule has 3 unspecified atom stereocenters. The molecule has 172 valence electrons. The largest absolute Gasteiger partial charge is 0.338 e. The fraction of sp³-hybridized carbons (Fsp3) is 0.200. The number of benzene rings is 2. The number of carbonyl (C=O) groups excluding carboxylic acids is 3. The highest BCUT2D eigenvalue weighted by Crippen LogP contribution is 2.25. The number of aromatic nitrogens is 1. The van der Waals surface area contributed by atoms with Crippen LogP contribution in [-0.2, 0) is 9.59 Å². The monoisotopic (exact) mass is 492 g/mol. The van der Waals surface area contributed by atoms with Gasteiger partial charge in [-0.1, -0.05) is 23.5 Å². The summed E-state index contributed by atoms with van der Waals surface area (Å²) in [5.41, 5.74) is 5.92. The molecule has 4 rings (SSSR count). The summed E-state index contributed by atoms with van der Waals surface area (Å²) in [6.07, 6.45) is -0.974. The smallest absolute Gasteiger partial charge is 0.252 e. The van der Waals surface area contributed by atoms with Crippen LogP contribution in [0.15, 0.2) is 42.5 Å². The van der Waals surface area contributed by atoms with E-state index in [0.29, 0.717) is 5.13 Å². The third kappa shape index (κ3) is 5.45. The van der Waals surface area contributed by atoms with Crippen LogP contribution in [0, 0.1) is 11.6 Å². The Hall–Kier alpha value is -3.13. The van der Waals surface area contributed by atoms with Crippen molar-refractivity contribution < 1.29 is 23.2 Å². The van der Waals surface area contributed by atoms with Gasteiger partial charge in [0, 0.05) is 5.56 Å². The van der Waals surface area contributed by atoms with E-state index >= 15 is 0 Å². The molecule has 1 aliphatic rings. The molecule has 3 aromatic rings. The van der Waals surface area contributed by atoms with E-state index in [-0.39, 0.29) is 17.2 Å². The minimum absolute atomic E-state index is 0.00642. The highest BCUT2D eigenvalue weighted by atomic mass is 32.2. The number of fused-ring (bicyclic) bond motifs is 1. The molecule has 1 aliphatic heterocycles. The van der Waals surface area contributed by atoms with Gasteiger partial charge in [0.05, 0.1) is 22.1 Å². The van der Waals surface area contributed by atoms with E-state index in [1.54, 1.807) is 0 Å². The minimum Gasteiger partial charge on any atom is -0.338 e. The summed E-state index contributed by atoms with van der Waals surface area (Å²) >= 11 is 2.45. The first-order chi connectivity index (χ1) is 15.8. The number of amides is 3. The first-order valence-corrected chi connectivity index (χ1v) is 11.5. The molecular weight excluding hydrogens is 474 g/mol. The van der Waals surface area contributed by atoms with E-state index in [4.69, 9.17) is 5.73 Å².